The second-order valence-electron chi connectivity index (χ2n) is 7.66. The van der Waals surface area contributed by atoms with Crippen molar-refractivity contribution in [3.8, 4) is 0 Å². The third kappa shape index (κ3) is 6.07. The molecular formula is C21H33NO3S. The number of likely N-dealkylation sites (tertiary alicyclic amines) is 1. The minimum atomic E-state index is -0.0114. The Bertz CT molecular complexity index is 517. The number of carbonyl (C=O) groups excluding carboxylic acids is 1. The summed E-state index contributed by atoms with van der Waals surface area (Å²) in [6.45, 7) is 6.15. The Morgan fingerprint density at radius 3 is 2.62 bits per heavy atom. The maximum Gasteiger partial charge on any atom is 0.309 e. The largest absolute Gasteiger partial charge is 0.466 e. The zero-order valence-electron chi connectivity index (χ0n) is 16.0. The average Bonchev–Trinajstić information content (AvgIpc) is 3.17. The van der Waals surface area contributed by atoms with Gasteiger partial charge in [-0.3, -0.25) is 4.79 Å². The molecule has 0 amide bonds. The molecule has 146 valence electrons. The summed E-state index contributed by atoms with van der Waals surface area (Å²) in [6, 6.07) is 4.42. The van der Waals surface area contributed by atoms with Crippen LogP contribution < -0.4 is 0 Å². The molecule has 1 aromatic heterocycles. The minimum absolute atomic E-state index is 0.0114. The van der Waals surface area contributed by atoms with Crippen LogP contribution in [0.3, 0.4) is 0 Å². The molecule has 2 heterocycles. The van der Waals surface area contributed by atoms with Crippen molar-refractivity contribution in [3.63, 3.8) is 0 Å². The lowest BCUT2D eigenvalue weighted by molar-refractivity contribution is -0.149. The molecule has 1 saturated carbocycles. The molecule has 0 radical (unpaired) electrons. The van der Waals surface area contributed by atoms with Crippen LogP contribution in [0.4, 0.5) is 0 Å². The van der Waals surface area contributed by atoms with E-state index in [0.29, 0.717) is 12.7 Å². The van der Waals surface area contributed by atoms with Crippen LogP contribution >= 0.6 is 11.3 Å². The Morgan fingerprint density at radius 2 is 1.96 bits per heavy atom. The van der Waals surface area contributed by atoms with E-state index in [1.165, 1.54) is 37.0 Å². The van der Waals surface area contributed by atoms with Crippen molar-refractivity contribution in [2.45, 2.75) is 58.0 Å². The van der Waals surface area contributed by atoms with Gasteiger partial charge in [0.1, 0.15) is 0 Å². The number of esters is 1. The average molecular weight is 380 g/mol. The van der Waals surface area contributed by atoms with Gasteiger partial charge in [0, 0.05) is 11.4 Å². The molecule has 4 nitrogen and oxygen atoms in total. The molecule has 0 N–H and O–H groups in total. The van der Waals surface area contributed by atoms with E-state index in [9.17, 15) is 4.79 Å². The molecule has 0 atom stereocenters. The topological polar surface area (TPSA) is 38.8 Å². The van der Waals surface area contributed by atoms with Crippen molar-refractivity contribution in [2.75, 3.05) is 32.8 Å². The van der Waals surface area contributed by atoms with Crippen LogP contribution in [0.2, 0.25) is 0 Å². The molecule has 0 spiro atoms. The first kappa shape index (κ1) is 19.8. The summed E-state index contributed by atoms with van der Waals surface area (Å²) >= 11 is 1.89. The van der Waals surface area contributed by atoms with Crippen LogP contribution in [0.1, 0.15) is 50.3 Å². The number of rotatable bonds is 8. The highest BCUT2D eigenvalue weighted by Crippen LogP contribution is 2.30. The first-order valence-corrected chi connectivity index (χ1v) is 11.2. The number of carbonyl (C=O) groups is 1. The van der Waals surface area contributed by atoms with E-state index in [0.717, 1.165) is 45.0 Å². The first-order valence-electron chi connectivity index (χ1n) is 10.3. The fourth-order valence-corrected chi connectivity index (χ4v) is 5.04. The summed E-state index contributed by atoms with van der Waals surface area (Å²) in [5.41, 5.74) is 0. The Kier molecular flexibility index (Phi) is 7.96. The molecule has 0 unspecified atom stereocenters. The van der Waals surface area contributed by atoms with E-state index in [-0.39, 0.29) is 11.9 Å². The third-order valence-electron chi connectivity index (χ3n) is 5.83. The van der Waals surface area contributed by atoms with Gasteiger partial charge in [0.2, 0.25) is 0 Å². The molecule has 1 aliphatic heterocycles. The maximum atomic E-state index is 11.8. The van der Waals surface area contributed by atoms with Gasteiger partial charge in [-0.25, -0.2) is 0 Å². The fraction of sp³-hybridized carbons (Fsp3) is 0.762. The number of nitrogens with zero attached hydrogens (tertiary/aromatic N) is 1. The Balaban J connectivity index is 1.25. The quantitative estimate of drug-likeness (QED) is 0.636. The highest BCUT2D eigenvalue weighted by atomic mass is 32.1. The van der Waals surface area contributed by atoms with Crippen LogP contribution in [0.15, 0.2) is 17.5 Å². The predicted molar refractivity (Wildman–Crippen MR) is 106 cm³/mol. The van der Waals surface area contributed by atoms with Gasteiger partial charge in [0.25, 0.3) is 0 Å². The molecule has 2 aliphatic rings. The number of hydrogen-bond donors (Lipinski definition) is 0. The van der Waals surface area contributed by atoms with Crippen molar-refractivity contribution in [2.24, 2.45) is 11.8 Å². The fourth-order valence-electron chi connectivity index (χ4n) is 4.22. The van der Waals surface area contributed by atoms with E-state index in [2.05, 4.69) is 22.4 Å². The van der Waals surface area contributed by atoms with E-state index >= 15 is 0 Å². The van der Waals surface area contributed by atoms with Crippen molar-refractivity contribution in [1.29, 1.82) is 0 Å². The zero-order chi connectivity index (χ0) is 18.2. The molecule has 2 fully saturated rings. The molecule has 1 aromatic rings. The second kappa shape index (κ2) is 10.4. The van der Waals surface area contributed by atoms with Crippen LogP contribution in [0.5, 0.6) is 0 Å². The molecule has 1 saturated heterocycles. The van der Waals surface area contributed by atoms with Gasteiger partial charge in [0.15, 0.2) is 0 Å². The van der Waals surface area contributed by atoms with Crippen LogP contribution in [0, 0.1) is 11.8 Å². The highest BCUT2D eigenvalue weighted by molar-refractivity contribution is 7.09. The lowest BCUT2D eigenvalue weighted by atomic mass is 9.85. The van der Waals surface area contributed by atoms with Gasteiger partial charge < -0.3 is 14.4 Å². The molecule has 0 aromatic carbocycles. The maximum absolute atomic E-state index is 11.8. The number of piperidine rings is 1. The summed E-state index contributed by atoms with van der Waals surface area (Å²) in [4.78, 5) is 15.7. The van der Waals surface area contributed by atoms with Gasteiger partial charge in [0.05, 0.1) is 25.2 Å². The summed E-state index contributed by atoms with van der Waals surface area (Å²) < 4.78 is 11.3. The summed E-state index contributed by atoms with van der Waals surface area (Å²) in [5, 5.41) is 2.18. The standard InChI is InChI=1S/C21H33NO3S/c1-2-24-21(23)18-9-11-22(12-10-18)13-14-25-19-7-5-17(6-8-19)16-20-4-3-15-26-20/h3-4,15,17-19H,2,5-14,16H2,1H3. The van der Waals surface area contributed by atoms with Crippen LogP contribution in [-0.4, -0.2) is 49.8 Å². The van der Waals surface area contributed by atoms with Crippen molar-refractivity contribution >= 4 is 17.3 Å². The van der Waals surface area contributed by atoms with Gasteiger partial charge in [-0.05, 0) is 82.3 Å². The van der Waals surface area contributed by atoms with Gasteiger partial charge in [-0.15, -0.1) is 11.3 Å². The van der Waals surface area contributed by atoms with Crippen molar-refractivity contribution in [3.05, 3.63) is 22.4 Å². The first-order chi connectivity index (χ1) is 12.7. The number of hydrogen-bond acceptors (Lipinski definition) is 5. The molecule has 0 bridgehead atoms. The molecule has 3 rings (SSSR count). The zero-order valence-corrected chi connectivity index (χ0v) is 16.8. The Hall–Kier alpha value is -0.910. The van der Waals surface area contributed by atoms with Gasteiger partial charge >= 0.3 is 5.97 Å². The highest BCUT2D eigenvalue weighted by Gasteiger charge is 2.26. The van der Waals surface area contributed by atoms with E-state index < -0.39 is 0 Å². The number of thiophene rings is 1. The SMILES string of the molecule is CCOC(=O)C1CCN(CCOC2CCC(Cc3cccs3)CC2)CC1. The normalized spacial score (nSPS) is 25.3. The summed E-state index contributed by atoms with van der Waals surface area (Å²) in [7, 11) is 0. The van der Waals surface area contributed by atoms with Gasteiger partial charge in [-0.2, -0.15) is 0 Å². The molecular weight excluding hydrogens is 346 g/mol. The van der Waals surface area contributed by atoms with E-state index in [1.54, 1.807) is 0 Å². The second-order valence-corrected chi connectivity index (χ2v) is 8.70. The molecule has 1 aliphatic carbocycles. The van der Waals surface area contributed by atoms with E-state index in [4.69, 9.17) is 9.47 Å². The summed E-state index contributed by atoms with van der Waals surface area (Å²) in [6.07, 6.45) is 8.56. The lowest BCUT2D eigenvalue weighted by Crippen LogP contribution is -2.39. The van der Waals surface area contributed by atoms with E-state index in [1.807, 2.05) is 18.3 Å². The van der Waals surface area contributed by atoms with Crippen molar-refractivity contribution in [1.82, 2.24) is 4.90 Å². The summed E-state index contributed by atoms with van der Waals surface area (Å²) in [5.74, 6) is 0.934. The number of ether oxygens (including phenoxy) is 2. The van der Waals surface area contributed by atoms with Gasteiger partial charge in [-0.1, -0.05) is 6.07 Å². The Morgan fingerprint density at radius 1 is 1.19 bits per heavy atom. The van der Waals surface area contributed by atoms with Crippen LogP contribution in [-0.2, 0) is 20.7 Å². The predicted octanol–water partition coefficient (Wildman–Crippen LogP) is 4.14. The third-order valence-corrected chi connectivity index (χ3v) is 6.73. The Labute approximate surface area is 161 Å². The lowest BCUT2D eigenvalue weighted by Gasteiger charge is -2.32. The molecule has 26 heavy (non-hydrogen) atoms. The minimum Gasteiger partial charge on any atom is -0.466 e. The monoisotopic (exact) mass is 379 g/mol. The molecule has 5 heteroatoms. The van der Waals surface area contributed by atoms with Crippen molar-refractivity contribution < 1.29 is 14.3 Å². The van der Waals surface area contributed by atoms with Crippen LogP contribution in [0.25, 0.3) is 0 Å². The smallest absolute Gasteiger partial charge is 0.309 e.